The molecule has 2 heterocycles. The number of fused-ring (bicyclic) bond motifs is 1. The molecule has 39 heavy (non-hydrogen) atoms. The normalized spacial score (nSPS) is 16.6. The SMILES string of the molecule is COc1ccc(OC(=O)N2CCc3c([nH]c(/C=C\C(C)Cl)c3C)C2c2ccc(OCCC(O)CO)cc2)cc1. The van der Waals surface area contributed by atoms with Crippen LogP contribution in [-0.4, -0.2) is 64.5 Å². The Kier molecular flexibility index (Phi) is 9.56. The van der Waals surface area contributed by atoms with E-state index >= 15 is 0 Å². The Morgan fingerprint density at radius 3 is 2.46 bits per heavy atom. The maximum Gasteiger partial charge on any atom is 0.416 e. The molecule has 9 heteroatoms. The van der Waals surface area contributed by atoms with E-state index in [1.165, 1.54) is 5.56 Å². The van der Waals surface area contributed by atoms with Crippen LogP contribution in [0.4, 0.5) is 4.79 Å². The van der Waals surface area contributed by atoms with Crippen LogP contribution in [0.5, 0.6) is 17.2 Å². The number of hydrogen-bond acceptors (Lipinski definition) is 6. The summed E-state index contributed by atoms with van der Waals surface area (Å²) in [4.78, 5) is 18.8. The molecule has 1 amide bonds. The van der Waals surface area contributed by atoms with Crippen molar-refractivity contribution in [3.05, 3.63) is 82.7 Å². The summed E-state index contributed by atoms with van der Waals surface area (Å²) in [5.74, 6) is 1.74. The summed E-state index contributed by atoms with van der Waals surface area (Å²) in [5.41, 5.74) is 5.10. The number of aromatic amines is 1. The number of nitrogens with one attached hydrogen (secondary N) is 1. The number of alkyl halides is 1. The van der Waals surface area contributed by atoms with Crippen molar-refractivity contribution in [2.45, 2.75) is 44.2 Å². The van der Waals surface area contributed by atoms with Crippen LogP contribution in [0.25, 0.3) is 6.08 Å². The highest BCUT2D eigenvalue weighted by Gasteiger charge is 2.36. The maximum absolute atomic E-state index is 13.5. The summed E-state index contributed by atoms with van der Waals surface area (Å²) < 4.78 is 16.7. The topological polar surface area (TPSA) is 104 Å². The number of carbonyl (C=O) groups is 1. The molecule has 0 saturated heterocycles. The van der Waals surface area contributed by atoms with Crippen LogP contribution < -0.4 is 14.2 Å². The van der Waals surface area contributed by atoms with Crippen molar-refractivity contribution in [2.24, 2.45) is 0 Å². The van der Waals surface area contributed by atoms with Gasteiger partial charge in [0.15, 0.2) is 0 Å². The lowest BCUT2D eigenvalue weighted by Gasteiger charge is -2.35. The minimum absolute atomic E-state index is 0.109. The number of benzene rings is 2. The highest BCUT2D eigenvalue weighted by Crippen LogP contribution is 2.38. The summed E-state index contributed by atoms with van der Waals surface area (Å²) >= 11 is 6.15. The van der Waals surface area contributed by atoms with Gasteiger partial charge in [0, 0.05) is 29.7 Å². The van der Waals surface area contributed by atoms with Crippen molar-refractivity contribution in [2.75, 3.05) is 26.9 Å². The Balaban J connectivity index is 1.63. The second kappa shape index (κ2) is 13.1. The van der Waals surface area contributed by atoms with Gasteiger partial charge in [0.05, 0.1) is 26.4 Å². The van der Waals surface area contributed by atoms with Gasteiger partial charge in [-0.25, -0.2) is 4.79 Å². The molecule has 1 aliphatic heterocycles. The van der Waals surface area contributed by atoms with Crippen LogP contribution in [0.2, 0.25) is 0 Å². The molecule has 208 valence electrons. The Labute approximate surface area is 233 Å². The van der Waals surface area contributed by atoms with Crippen LogP contribution in [-0.2, 0) is 6.42 Å². The Morgan fingerprint density at radius 2 is 1.82 bits per heavy atom. The fraction of sp³-hybridized carbons (Fsp3) is 0.367. The zero-order valence-corrected chi connectivity index (χ0v) is 23.1. The number of aromatic nitrogens is 1. The van der Waals surface area contributed by atoms with Crippen molar-refractivity contribution in [3.8, 4) is 17.2 Å². The van der Waals surface area contributed by atoms with Crippen molar-refractivity contribution in [3.63, 3.8) is 0 Å². The number of H-pyrrole nitrogens is 1. The van der Waals surface area contributed by atoms with E-state index in [2.05, 4.69) is 11.9 Å². The molecule has 0 fully saturated rings. The van der Waals surface area contributed by atoms with Gasteiger partial charge in [-0.15, -0.1) is 11.6 Å². The van der Waals surface area contributed by atoms with Crippen LogP contribution in [0.3, 0.4) is 0 Å². The van der Waals surface area contributed by atoms with Crippen LogP contribution in [0.15, 0.2) is 54.6 Å². The van der Waals surface area contributed by atoms with Crippen LogP contribution >= 0.6 is 11.6 Å². The molecular weight excluding hydrogens is 520 g/mol. The molecule has 0 aliphatic carbocycles. The predicted molar refractivity (Wildman–Crippen MR) is 151 cm³/mol. The van der Waals surface area contributed by atoms with Gasteiger partial charge in [0.2, 0.25) is 0 Å². The van der Waals surface area contributed by atoms with Crippen molar-refractivity contribution >= 4 is 23.8 Å². The van der Waals surface area contributed by atoms with E-state index in [9.17, 15) is 9.90 Å². The maximum atomic E-state index is 13.5. The van der Waals surface area contributed by atoms with Gasteiger partial charge in [-0.2, -0.15) is 0 Å². The second-order valence-corrected chi connectivity index (χ2v) is 10.2. The minimum Gasteiger partial charge on any atom is -0.497 e. The molecule has 3 atom stereocenters. The molecule has 8 nitrogen and oxygen atoms in total. The number of halogens is 1. The lowest BCUT2D eigenvalue weighted by Crippen LogP contribution is -2.42. The van der Waals surface area contributed by atoms with Gasteiger partial charge >= 0.3 is 6.09 Å². The quantitative estimate of drug-likeness (QED) is 0.296. The summed E-state index contributed by atoms with van der Waals surface area (Å²) in [6.07, 6.45) is 3.67. The fourth-order valence-electron chi connectivity index (χ4n) is 4.64. The molecule has 0 spiro atoms. The number of hydrogen-bond donors (Lipinski definition) is 3. The van der Waals surface area contributed by atoms with Gasteiger partial charge < -0.3 is 29.4 Å². The average molecular weight is 555 g/mol. The number of allylic oxidation sites excluding steroid dienone is 1. The molecule has 0 radical (unpaired) electrons. The molecule has 4 rings (SSSR count). The summed E-state index contributed by atoms with van der Waals surface area (Å²) in [5, 5.41) is 18.4. The first-order valence-electron chi connectivity index (χ1n) is 13.0. The lowest BCUT2D eigenvalue weighted by molar-refractivity contribution is 0.0754. The number of nitrogens with zero attached hydrogens (tertiary/aromatic N) is 1. The van der Waals surface area contributed by atoms with Gasteiger partial charge in [0.1, 0.15) is 23.3 Å². The fourth-order valence-corrected chi connectivity index (χ4v) is 4.72. The lowest BCUT2D eigenvalue weighted by atomic mass is 9.92. The molecule has 3 aromatic rings. The number of methoxy groups -OCH3 is 1. The van der Waals surface area contributed by atoms with E-state index in [-0.39, 0.29) is 18.6 Å². The monoisotopic (exact) mass is 554 g/mol. The summed E-state index contributed by atoms with van der Waals surface area (Å²) in [7, 11) is 1.58. The number of amides is 1. The first-order chi connectivity index (χ1) is 18.8. The molecule has 0 bridgehead atoms. The minimum atomic E-state index is -0.809. The Morgan fingerprint density at radius 1 is 1.15 bits per heavy atom. The van der Waals surface area contributed by atoms with Crippen molar-refractivity contribution in [1.29, 1.82) is 0 Å². The van der Waals surface area contributed by atoms with E-state index in [1.54, 1.807) is 36.3 Å². The summed E-state index contributed by atoms with van der Waals surface area (Å²) in [6, 6.07) is 14.0. The van der Waals surface area contributed by atoms with Gasteiger partial charge in [0.25, 0.3) is 0 Å². The van der Waals surface area contributed by atoms with E-state index in [1.807, 2.05) is 43.3 Å². The molecule has 1 aromatic heterocycles. The number of rotatable bonds is 10. The number of carbonyl (C=O) groups excluding carboxylic acids is 1. The van der Waals surface area contributed by atoms with Crippen LogP contribution in [0, 0.1) is 6.92 Å². The third-order valence-electron chi connectivity index (χ3n) is 6.79. The smallest absolute Gasteiger partial charge is 0.416 e. The average Bonchev–Trinajstić information content (AvgIpc) is 3.27. The van der Waals surface area contributed by atoms with E-state index in [0.29, 0.717) is 36.6 Å². The van der Waals surface area contributed by atoms with E-state index in [0.717, 1.165) is 22.5 Å². The van der Waals surface area contributed by atoms with Gasteiger partial charge in [-0.1, -0.05) is 18.2 Å². The highest BCUT2D eigenvalue weighted by atomic mass is 35.5. The highest BCUT2D eigenvalue weighted by molar-refractivity contribution is 6.21. The zero-order valence-electron chi connectivity index (χ0n) is 22.4. The van der Waals surface area contributed by atoms with Crippen molar-refractivity contribution in [1.82, 2.24) is 9.88 Å². The molecule has 0 saturated carbocycles. The third kappa shape index (κ3) is 6.95. The molecule has 3 unspecified atom stereocenters. The second-order valence-electron chi connectivity index (χ2n) is 9.52. The Hall–Kier alpha value is -3.46. The van der Waals surface area contributed by atoms with E-state index in [4.69, 9.17) is 30.9 Å². The zero-order chi connectivity index (χ0) is 27.9. The number of aliphatic hydroxyl groups is 2. The van der Waals surface area contributed by atoms with Crippen LogP contribution in [0.1, 0.15) is 47.5 Å². The van der Waals surface area contributed by atoms with Gasteiger partial charge in [-0.3, -0.25) is 4.90 Å². The molecule has 1 aliphatic rings. The van der Waals surface area contributed by atoms with Crippen molar-refractivity contribution < 1.29 is 29.2 Å². The Bertz CT molecular complexity index is 1270. The number of aliphatic hydroxyl groups excluding tert-OH is 2. The van der Waals surface area contributed by atoms with E-state index < -0.39 is 18.2 Å². The standard InChI is InChI=1S/C30H35ClN2O6/c1-19(31)4-13-27-20(2)26-14-16-33(30(36)39-25-11-9-23(37-3)10-12-25)29(28(26)32-27)21-5-7-24(8-6-21)38-17-15-22(35)18-34/h4-13,19,22,29,32,34-35H,14-18H2,1-3H3/b13-4-. The van der Waals surface area contributed by atoms with Gasteiger partial charge in [-0.05, 0) is 79.4 Å². The molecular formula is C30H35ClN2O6. The predicted octanol–water partition coefficient (Wildman–Crippen LogP) is 5.24. The largest absolute Gasteiger partial charge is 0.497 e. The molecule has 2 aromatic carbocycles. The number of ether oxygens (including phenoxy) is 3. The third-order valence-corrected chi connectivity index (χ3v) is 6.94. The molecule has 3 N–H and O–H groups in total. The first kappa shape index (κ1) is 28.5. The summed E-state index contributed by atoms with van der Waals surface area (Å²) in [6.45, 7) is 4.45. The first-order valence-corrected chi connectivity index (χ1v) is 13.4.